The third kappa shape index (κ3) is 3.26. The van der Waals surface area contributed by atoms with Crippen LogP contribution in [0.2, 0.25) is 0 Å². The molecule has 0 saturated heterocycles. The number of rotatable bonds is 4. The first-order chi connectivity index (χ1) is 9.79. The van der Waals surface area contributed by atoms with E-state index in [1.165, 1.54) is 30.3 Å². The molecule has 2 rings (SSSR count). The van der Waals surface area contributed by atoms with Crippen LogP contribution >= 0.6 is 0 Å². The zero-order chi connectivity index (χ0) is 15.6. The molecule has 0 atom stereocenters. The van der Waals surface area contributed by atoms with Gasteiger partial charge in [0.25, 0.3) is 15.7 Å². The molecule has 0 amide bonds. The third-order valence-electron chi connectivity index (χ3n) is 2.58. The molecular formula is C12H11N3O5S. The summed E-state index contributed by atoms with van der Waals surface area (Å²) in [7, 11) is -4.09. The van der Waals surface area contributed by atoms with E-state index >= 15 is 0 Å². The molecule has 2 N–H and O–H groups in total. The van der Waals surface area contributed by atoms with Gasteiger partial charge in [-0.3, -0.25) is 14.8 Å². The Labute approximate surface area is 120 Å². The first kappa shape index (κ1) is 14.7. The van der Waals surface area contributed by atoms with E-state index in [1.54, 1.807) is 6.92 Å². The number of hydrogen-bond acceptors (Lipinski definition) is 6. The Morgan fingerprint density at radius 3 is 2.67 bits per heavy atom. The minimum Gasteiger partial charge on any atom is -0.504 e. The summed E-state index contributed by atoms with van der Waals surface area (Å²) in [5, 5.41) is 20.3. The highest BCUT2D eigenvalue weighted by Crippen LogP contribution is 2.25. The lowest BCUT2D eigenvalue weighted by Gasteiger charge is -2.09. The van der Waals surface area contributed by atoms with E-state index in [4.69, 9.17) is 0 Å². The standard InChI is InChI=1S/C12H11N3O5S/c1-8-5-6-11(16)12(13-8)14-21(19,20)10-4-2-3-9(7-10)15(17)18/h2-7,16H,1H3,(H,13,14). The van der Waals surface area contributed by atoms with Crippen molar-refractivity contribution in [1.82, 2.24) is 4.98 Å². The second kappa shape index (κ2) is 5.37. The van der Waals surface area contributed by atoms with Gasteiger partial charge in [-0.25, -0.2) is 13.4 Å². The van der Waals surface area contributed by atoms with Crippen molar-refractivity contribution in [2.45, 2.75) is 11.8 Å². The fourth-order valence-electron chi connectivity index (χ4n) is 1.57. The smallest absolute Gasteiger partial charge is 0.270 e. The summed E-state index contributed by atoms with van der Waals surface area (Å²) in [6.07, 6.45) is 0. The number of aromatic nitrogens is 1. The van der Waals surface area contributed by atoms with Crippen LogP contribution in [0.25, 0.3) is 0 Å². The number of nitrogens with one attached hydrogen (secondary N) is 1. The minimum atomic E-state index is -4.09. The summed E-state index contributed by atoms with van der Waals surface area (Å²) < 4.78 is 26.4. The van der Waals surface area contributed by atoms with Crippen LogP contribution < -0.4 is 4.72 Å². The molecule has 0 aliphatic heterocycles. The van der Waals surface area contributed by atoms with Gasteiger partial charge in [-0.1, -0.05) is 6.07 Å². The topological polar surface area (TPSA) is 122 Å². The van der Waals surface area contributed by atoms with Crippen LogP contribution in [0.5, 0.6) is 5.75 Å². The summed E-state index contributed by atoms with van der Waals surface area (Å²) in [6.45, 7) is 1.63. The number of pyridine rings is 1. The largest absolute Gasteiger partial charge is 0.504 e. The summed E-state index contributed by atoms with van der Waals surface area (Å²) in [5.74, 6) is -0.573. The fraction of sp³-hybridized carbons (Fsp3) is 0.0833. The maximum Gasteiger partial charge on any atom is 0.270 e. The van der Waals surface area contributed by atoms with Crippen LogP contribution in [-0.2, 0) is 10.0 Å². The number of hydrogen-bond donors (Lipinski definition) is 2. The number of benzene rings is 1. The molecule has 9 heteroatoms. The SMILES string of the molecule is Cc1ccc(O)c(NS(=O)(=O)c2cccc([N+](=O)[O-])c2)n1. The number of nitro benzene ring substituents is 1. The number of aryl methyl sites for hydroxylation is 1. The minimum absolute atomic E-state index is 0.235. The molecule has 1 aromatic heterocycles. The number of nitro groups is 1. The molecule has 8 nitrogen and oxygen atoms in total. The van der Waals surface area contributed by atoms with Crippen molar-refractivity contribution in [3.8, 4) is 5.75 Å². The molecular weight excluding hydrogens is 298 g/mol. The van der Waals surface area contributed by atoms with Crippen LogP contribution in [0.15, 0.2) is 41.3 Å². The summed E-state index contributed by atoms with van der Waals surface area (Å²) in [6, 6.07) is 7.39. The van der Waals surface area contributed by atoms with E-state index in [-0.39, 0.29) is 22.2 Å². The molecule has 21 heavy (non-hydrogen) atoms. The van der Waals surface area contributed by atoms with Crippen molar-refractivity contribution < 1.29 is 18.4 Å². The van der Waals surface area contributed by atoms with Crippen LogP contribution in [0.1, 0.15) is 5.69 Å². The van der Waals surface area contributed by atoms with E-state index in [0.717, 1.165) is 6.07 Å². The van der Waals surface area contributed by atoms with Crippen LogP contribution in [-0.4, -0.2) is 23.4 Å². The second-order valence-electron chi connectivity index (χ2n) is 4.18. The van der Waals surface area contributed by atoms with E-state index < -0.39 is 14.9 Å². The van der Waals surface area contributed by atoms with Crippen LogP contribution in [0.4, 0.5) is 11.5 Å². The Hall–Kier alpha value is -2.68. The Morgan fingerprint density at radius 1 is 1.29 bits per heavy atom. The lowest BCUT2D eigenvalue weighted by Crippen LogP contribution is -2.14. The van der Waals surface area contributed by atoms with Gasteiger partial charge in [0.05, 0.1) is 9.82 Å². The molecule has 2 aromatic rings. The van der Waals surface area contributed by atoms with Gasteiger partial charge >= 0.3 is 0 Å². The fourth-order valence-corrected chi connectivity index (χ4v) is 2.63. The quantitative estimate of drug-likeness (QED) is 0.656. The zero-order valence-electron chi connectivity index (χ0n) is 10.8. The molecule has 0 spiro atoms. The lowest BCUT2D eigenvalue weighted by atomic mass is 10.3. The average molecular weight is 309 g/mol. The van der Waals surface area contributed by atoms with Gasteiger partial charge in [-0.15, -0.1) is 0 Å². The Balaban J connectivity index is 2.41. The van der Waals surface area contributed by atoms with Crippen LogP contribution in [0.3, 0.4) is 0 Å². The van der Waals surface area contributed by atoms with Crippen molar-refractivity contribution in [2.75, 3.05) is 4.72 Å². The maximum atomic E-state index is 12.2. The van der Waals surface area contributed by atoms with Gasteiger partial charge in [0.15, 0.2) is 11.6 Å². The lowest BCUT2D eigenvalue weighted by molar-refractivity contribution is -0.385. The van der Waals surface area contributed by atoms with Crippen molar-refractivity contribution in [3.63, 3.8) is 0 Å². The highest BCUT2D eigenvalue weighted by atomic mass is 32.2. The van der Waals surface area contributed by atoms with E-state index in [2.05, 4.69) is 9.71 Å². The first-order valence-electron chi connectivity index (χ1n) is 5.73. The molecule has 0 aliphatic carbocycles. The Kier molecular flexibility index (Phi) is 3.76. The third-order valence-corrected chi connectivity index (χ3v) is 3.92. The number of anilines is 1. The monoisotopic (exact) mass is 309 g/mol. The van der Waals surface area contributed by atoms with Crippen molar-refractivity contribution in [3.05, 3.63) is 52.2 Å². The van der Waals surface area contributed by atoms with Gasteiger partial charge in [0.2, 0.25) is 0 Å². The van der Waals surface area contributed by atoms with E-state index in [0.29, 0.717) is 5.69 Å². The van der Waals surface area contributed by atoms with Gasteiger partial charge in [0, 0.05) is 17.8 Å². The van der Waals surface area contributed by atoms with E-state index in [9.17, 15) is 23.6 Å². The number of aromatic hydroxyl groups is 1. The highest BCUT2D eigenvalue weighted by Gasteiger charge is 2.19. The molecule has 0 bridgehead atoms. The molecule has 1 heterocycles. The van der Waals surface area contributed by atoms with Crippen LogP contribution in [0, 0.1) is 17.0 Å². The predicted molar refractivity (Wildman–Crippen MR) is 74.5 cm³/mol. The molecule has 0 saturated carbocycles. The predicted octanol–water partition coefficient (Wildman–Crippen LogP) is 1.80. The molecule has 110 valence electrons. The summed E-state index contributed by atoms with van der Waals surface area (Å²) in [4.78, 5) is 13.6. The first-order valence-corrected chi connectivity index (χ1v) is 7.22. The average Bonchev–Trinajstić information content (AvgIpc) is 2.43. The summed E-state index contributed by atoms with van der Waals surface area (Å²) >= 11 is 0. The molecule has 1 aromatic carbocycles. The second-order valence-corrected chi connectivity index (χ2v) is 5.86. The number of non-ortho nitro benzene ring substituents is 1. The molecule has 0 radical (unpaired) electrons. The van der Waals surface area contributed by atoms with Crippen molar-refractivity contribution in [1.29, 1.82) is 0 Å². The summed E-state index contributed by atoms with van der Waals surface area (Å²) in [5.41, 5.74) is 0.156. The number of sulfonamides is 1. The maximum absolute atomic E-state index is 12.2. The van der Waals surface area contributed by atoms with Crippen molar-refractivity contribution in [2.24, 2.45) is 0 Å². The Morgan fingerprint density at radius 2 is 2.00 bits per heavy atom. The van der Waals surface area contributed by atoms with Crippen molar-refractivity contribution >= 4 is 21.5 Å². The van der Waals surface area contributed by atoms with E-state index in [1.807, 2.05) is 0 Å². The highest BCUT2D eigenvalue weighted by molar-refractivity contribution is 7.92. The van der Waals surface area contributed by atoms with Gasteiger partial charge in [-0.05, 0) is 25.1 Å². The van der Waals surface area contributed by atoms with Gasteiger partial charge < -0.3 is 5.11 Å². The van der Waals surface area contributed by atoms with Gasteiger partial charge in [-0.2, -0.15) is 0 Å². The number of nitrogens with zero attached hydrogens (tertiary/aromatic N) is 2. The normalized spacial score (nSPS) is 11.1. The Bertz CT molecular complexity index is 804. The molecule has 0 fully saturated rings. The molecule has 0 unspecified atom stereocenters. The molecule has 0 aliphatic rings. The zero-order valence-corrected chi connectivity index (χ0v) is 11.7. The van der Waals surface area contributed by atoms with Gasteiger partial charge in [0.1, 0.15) is 0 Å².